The van der Waals surface area contributed by atoms with Gasteiger partial charge in [0.05, 0.1) is 5.56 Å². The van der Waals surface area contributed by atoms with E-state index < -0.39 is 0 Å². The minimum absolute atomic E-state index is 0.0662. The van der Waals surface area contributed by atoms with E-state index in [4.69, 9.17) is 17.3 Å². The van der Waals surface area contributed by atoms with Crippen LogP contribution in [0.3, 0.4) is 0 Å². The molecule has 4 N–H and O–H groups in total. The highest BCUT2D eigenvalue weighted by molar-refractivity contribution is 6.31. The Labute approximate surface area is 116 Å². The van der Waals surface area contributed by atoms with Gasteiger partial charge >= 0.3 is 0 Å². The van der Waals surface area contributed by atoms with E-state index in [0.29, 0.717) is 29.4 Å². The second-order valence-electron chi connectivity index (χ2n) is 4.55. The molecule has 0 heterocycles. The highest BCUT2D eigenvalue weighted by atomic mass is 35.5. The van der Waals surface area contributed by atoms with Crippen molar-refractivity contribution in [3.63, 3.8) is 0 Å². The zero-order valence-electron chi connectivity index (χ0n) is 10.4. The summed E-state index contributed by atoms with van der Waals surface area (Å²) in [5.41, 5.74) is 6.43. The monoisotopic (exact) mass is 281 g/mol. The fraction of sp³-hybridized carbons (Fsp3) is 0.385. The average molecular weight is 282 g/mol. The van der Waals surface area contributed by atoms with E-state index in [1.807, 2.05) is 0 Å². The fourth-order valence-electron chi connectivity index (χ4n) is 1.67. The molecule has 1 saturated carbocycles. The Morgan fingerprint density at radius 3 is 2.63 bits per heavy atom. The van der Waals surface area contributed by atoms with Crippen LogP contribution in [0.15, 0.2) is 18.2 Å². The Morgan fingerprint density at radius 2 is 1.95 bits per heavy atom. The molecule has 0 bridgehead atoms. The van der Waals surface area contributed by atoms with Gasteiger partial charge in [-0.3, -0.25) is 9.59 Å². The molecule has 2 amide bonds. The van der Waals surface area contributed by atoms with Crippen molar-refractivity contribution in [2.45, 2.75) is 12.8 Å². The molecule has 1 aliphatic carbocycles. The van der Waals surface area contributed by atoms with E-state index in [1.165, 1.54) is 6.07 Å². The molecule has 1 aromatic rings. The first-order valence-corrected chi connectivity index (χ1v) is 6.56. The van der Waals surface area contributed by atoms with Gasteiger partial charge in [-0.25, -0.2) is 0 Å². The summed E-state index contributed by atoms with van der Waals surface area (Å²) in [4.78, 5) is 23.2. The maximum atomic E-state index is 11.8. The van der Waals surface area contributed by atoms with Gasteiger partial charge in [0.25, 0.3) is 5.91 Å². The van der Waals surface area contributed by atoms with Crippen molar-refractivity contribution in [2.75, 3.05) is 18.8 Å². The largest absolute Gasteiger partial charge is 0.398 e. The van der Waals surface area contributed by atoms with E-state index >= 15 is 0 Å². The predicted molar refractivity (Wildman–Crippen MR) is 73.9 cm³/mol. The molecule has 1 fully saturated rings. The number of halogens is 1. The Balaban J connectivity index is 1.77. The number of amides is 2. The summed E-state index contributed by atoms with van der Waals surface area (Å²) in [6.45, 7) is 0.783. The van der Waals surface area contributed by atoms with E-state index in [2.05, 4.69) is 10.6 Å². The van der Waals surface area contributed by atoms with Gasteiger partial charge in [-0.15, -0.1) is 0 Å². The van der Waals surface area contributed by atoms with E-state index in [0.717, 1.165) is 12.8 Å². The quantitative estimate of drug-likeness (QED) is 0.560. The van der Waals surface area contributed by atoms with Crippen LogP contribution in [0.1, 0.15) is 23.2 Å². The molecule has 0 radical (unpaired) electrons. The second kappa shape index (κ2) is 5.93. The topological polar surface area (TPSA) is 84.2 Å². The van der Waals surface area contributed by atoms with Crippen molar-refractivity contribution in [3.05, 3.63) is 28.8 Å². The van der Waals surface area contributed by atoms with Gasteiger partial charge in [-0.05, 0) is 31.0 Å². The number of anilines is 1. The van der Waals surface area contributed by atoms with E-state index in [1.54, 1.807) is 12.1 Å². The van der Waals surface area contributed by atoms with E-state index in [-0.39, 0.29) is 17.7 Å². The number of nitrogens with one attached hydrogen (secondary N) is 2. The smallest absolute Gasteiger partial charge is 0.253 e. The minimum Gasteiger partial charge on any atom is -0.398 e. The lowest BCUT2D eigenvalue weighted by molar-refractivity contribution is -0.122. The molecule has 6 heteroatoms. The van der Waals surface area contributed by atoms with Gasteiger partial charge in [-0.1, -0.05) is 11.6 Å². The molecule has 0 saturated heterocycles. The summed E-state index contributed by atoms with van der Waals surface area (Å²) in [6.07, 6.45) is 1.94. The summed E-state index contributed by atoms with van der Waals surface area (Å²) in [7, 11) is 0. The minimum atomic E-state index is -0.291. The highest BCUT2D eigenvalue weighted by Crippen LogP contribution is 2.28. The molecule has 0 aromatic heterocycles. The molecule has 0 atom stereocenters. The second-order valence-corrected chi connectivity index (χ2v) is 4.99. The predicted octanol–water partition coefficient (Wildman–Crippen LogP) is 1.18. The van der Waals surface area contributed by atoms with Crippen LogP contribution in [0.5, 0.6) is 0 Å². The number of benzene rings is 1. The molecular weight excluding hydrogens is 266 g/mol. The maximum absolute atomic E-state index is 11.8. The Hall–Kier alpha value is -1.75. The Morgan fingerprint density at radius 1 is 1.26 bits per heavy atom. The molecule has 102 valence electrons. The molecule has 0 spiro atoms. The number of nitrogen functional groups attached to an aromatic ring is 1. The first-order chi connectivity index (χ1) is 9.08. The third-order valence-electron chi connectivity index (χ3n) is 2.92. The average Bonchev–Trinajstić information content (AvgIpc) is 3.21. The van der Waals surface area contributed by atoms with E-state index in [9.17, 15) is 9.59 Å². The van der Waals surface area contributed by atoms with Crippen LogP contribution in [0, 0.1) is 5.92 Å². The number of rotatable bonds is 5. The lowest BCUT2D eigenvalue weighted by Gasteiger charge is -2.08. The fourth-order valence-corrected chi connectivity index (χ4v) is 1.84. The summed E-state index contributed by atoms with van der Waals surface area (Å²) in [5.74, 6) is -0.0449. The van der Waals surface area contributed by atoms with Crippen molar-refractivity contribution >= 4 is 29.1 Å². The third kappa shape index (κ3) is 3.86. The van der Waals surface area contributed by atoms with Crippen LogP contribution in [-0.2, 0) is 4.79 Å². The third-order valence-corrected chi connectivity index (χ3v) is 3.15. The molecule has 2 rings (SSSR count). The summed E-state index contributed by atoms with van der Waals surface area (Å²) < 4.78 is 0. The van der Waals surface area contributed by atoms with Crippen LogP contribution in [0.2, 0.25) is 5.02 Å². The normalized spacial score (nSPS) is 13.9. The number of carbonyl (C=O) groups is 2. The zero-order valence-corrected chi connectivity index (χ0v) is 11.2. The van der Waals surface area contributed by atoms with Crippen molar-refractivity contribution in [2.24, 2.45) is 5.92 Å². The molecule has 19 heavy (non-hydrogen) atoms. The molecule has 0 unspecified atom stereocenters. The van der Waals surface area contributed by atoms with Crippen molar-refractivity contribution < 1.29 is 9.59 Å². The summed E-state index contributed by atoms with van der Waals surface area (Å²) in [6, 6.07) is 4.74. The molecular formula is C13H16ClN3O2. The van der Waals surface area contributed by atoms with Crippen LogP contribution in [0.25, 0.3) is 0 Å². The Kier molecular flexibility index (Phi) is 4.27. The van der Waals surface area contributed by atoms with Gasteiger partial charge < -0.3 is 16.4 Å². The number of hydrogen-bond donors (Lipinski definition) is 3. The molecule has 0 aliphatic heterocycles. The number of nitrogens with two attached hydrogens (primary N) is 1. The van der Waals surface area contributed by atoms with Gasteiger partial charge in [-0.2, -0.15) is 0 Å². The van der Waals surface area contributed by atoms with Gasteiger partial charge in [0.2, 0.25) is 5.91 Å². The molecule has 1 aliphatic rings. The van der Waals surface area contributed by atoms with Crippen LogP contribution in [-0.4, -0.2) is 24.9 Å². The van der Waals surface area contributed by atoms with Crippen LogP contribution < -0.4 is 16.4 Å². The van der Waals surface area contributed by atoms with Crippen LogP contribution in [0.4, 0.5) is 5.69 Å². The molecule has 5 nitrogen and oxygen atoms in total. The van der Waals surface area contributed by atoms with Crippen molar-refractivity contribution in [1.29, 1.82) is 0 Å². The zero-order chi connectivity index (χ0) is 13.8. The Bertz CT molecular complexity index is 501. The lowest BCUT2D eigenvalue weighted by atomic mass is 10.1. The number of carbonyl (C=O) groups excluding carboxylic acids is 2. The van der Waals surface area contributed by atoms with Crippen LogP contribution >= 0.6 is 11.6 Å². The first-order valence-electron chi connectivity index (χ1n) is 6.19. The lowest BCUT2D eigenvalue weighted by Crippen LogP contribution is -2.35. The summed E-state index contributed by atoms with van der Waals surface area (Å²) >= 11 is 5.81. The SMILES string of the molecule is Nc1ccc(Cl)cc1C(=O)NCCNC(=O)C1CC1. The van der Waals surface area contributed by atoms with Gasteiger partial charge in [0.1, 0.15) is 0 Å². The maximum Gasteiger partial charge on any atom is 0.253 e. The van der Waals surface area contributed by atoms with Crippen molar-refractivity contribution in [3.8, 4) is 0 Å². The molecule has 1 aromatic carbocycles. The summed E-state index contributed by atoms with van der Waals surface area (Å²) in [5, 5.41) is 5.92. The van der Waals surface area contributed by atoms with Gasteiger partial charge in [0.15, 0.2) is 0 Å². The van der Waals surface area contributed by atoms with Gasteiger partial charge in [0, 0.05) is 29.7 Å². The number of hydrogen-bond acceptors (Lipinski definition) is 3. The highest BCUT2D eigenvalue weighted by Gasteiger charge is 2.28. The van der Waals surface area contributed by atoms with Crippen molar-refractivity contribution in [1.82, 2.24) is 10.6 Å². The first kappa shape index (κ1) is 13.7. The standard InChI is InChI=1S/C13H16ClN3O2/c14-9-3-4-11(15)10(7-9)13(19)17-6-5-16-12(18)8-1-2-8/h3-4,7-8H,1-2,5-6,15H2,(H,16,18)(H,17,19).